The molecule has 0 radical (unpaired) electrons. The summed E-state index contributed by atoms with van der Waals surface area (Å²) in [4.78, 5) is 16.0. The normalized spacial score (nSPS) is 11.9. The van der Waals surface area contributed by atoms with E-state index in [-0.39, 0.29) is 16.4 Å². The molecule has 10 heteroatoms. The minimum atomic E-state index is -4.73. The van der Waals surface area contributed by atoms with Gasteiger partial charge in [0.1, 0.15) is 5.82 Å². The van der Waals surface area contributed by atoms with Crippen LogP contribution in [0.15, 0.2) is 53.2 Å². The second-order valence-electron chi connectivity index (χ2n) is 5.81. The van der Waals surface area contributed by atoms with Gasteiger partial charge >= 0.3 is 12.1 Å². The van der Waals surface area contributed by atoms with Gasteiger partial charge in [0.25, 0.3) is 5.91 Å². The Morgan fingerprint density at radius 2 is 1.89 bits per heavy atom. The summed E-state index contributed by atoms with van der Waals surface area (Å²) in [5.74, 6) is -2.75. The minimum absolute atomic E-state index is 0.179. The van der Waals surface area contributed by atoms with Gasteiger partial charge in [-0.3, -0.25) is 9.36 Å². The van der Waals surface area contributed by atoms with E-state index in [1.54, 1.807) is 6.07 Å². The third-order valence-electron chi connectivity index (χ3n) is 4.00. The van der Waals surface area contributed by atoms with E-state index < -0.39 is 23.8 Å². The van der Waals surface area contributed by atoms with Crippen molar-refractivity contribution in [3.8, 4) is 11.4 Å². The molecule has 0 bridgehead atoms. The largest absolute Gasteiger partial charge is 0.471 e. The first kappa shape index (κ1) is 18.2. The molecule has 5 nitrogen and oxygen atoms in total. The highest BCUT2D eigenvalue weighted by Gasteiger charge is 2.38. The van der Waals surface area contributed by atoms with Crippen LogP contribution in [0.25, 0.3) is 22.3 Å². The highest BCUT2D eigenvalue weighted by atomic mass is 35.5. The fraction of sp³-hybridized carbons (Fsp3) is 0.0556. The molecule has 0 N–H and O–H groups in total. The number of fused-ring (bicyclic) bond motifs is 1. The van der Waals surface area contributed by atoms with Gasteiger partial charge in [-0.15, -0.1) is 0 Å². The molecular weight excluding hydrogens is 402 g/mol. The van der Waals surface area contributed by atoms with Gasteiger partial charge in [-0.2, -0.15) is 18.2 Å². The molecule has 0 saturated carbocycles. The van der Waals surface area contributed by atoms with Crippen molar-refractivity contribution in [2.24, 2.45) is 0 Å². The molecule has 0 saturated heterocycles. The summed E-state index contributed by atoms with van der Waals surface area (Å²) in [6.45, 7) is 0. The van der Waals surface area contributed by atoms with E-state index in [9.17, 15) is 22.4 Å². The Hall–Kier alpha value is -3.20. The van der Waals surface area contributed by atoms with Gasteiger partial charge in [-0.25, -0.2) is 4.39 Å². The Balaban J connectivity index is 1.71. The van der Waals surface area contributed by atoms with Crippen LogP contribution in [0.5, 0.6) is 0 Å². The highest BCUT2D eigenvalue weighted by Crippen LogP contribution is 2.30. The van der Waals surface area contributed by atoms with Crippen LogP contribution in [0.4, 0.5) is 17.6 Å². The van der Waals surface area contributed by atoms with Crippen LogP contribution >= 0.6 is 11.6 Å². The maximum Gasteiger partial charge on any atom is 0.471 e. The van der Waals surface area contributed by atoms with Crippen LogP contribution in [-0.4, -0.2) is 20.6 Å². The molecule has 28 heavy (non-hydrogen) atoms. The van der Waals surface area contributed by atoms with E-state index in [2.05, 4.69) is 14.7 Å². The van der Waals surface area contributed by atoms with Crippen LogP contribution in [-0.2, 0) is 6.18 Å². The molecule has 2 aromatic carbocycles. The van der Waals surface area contributed by atoms with E-state index in [0.717, 1.165) is 6.07 Å². The van der Waals surface area contributed by atoms with Crippen LogP contribution in [0, 0.1) is 5.82 Å². The van der Waals surface area contributed by atoms with Crippen molar-refractivity contribution in [2.75, 3.05) is 0 Å². The monoisotopic (exact) mass is 409 g/mol. The number of rotatable bonds is 2. The van der Waals surface area contributed by atoms with Gasteiger partial charge in [0.2, 0.25) is 5.82 Å². The number of hydrogen-bond acceptors (Lipinski definition) is 4. The van der Waals surface area contributed by atoms with Crippen molar-refractivity contribution in [1.82, 2.24) is 14.7 Å². The van der Waals surface area contributed by atoms with E-state index in [1.807, 2.05) is 0 Å². The van der Waals surface area contributed by atoms with Crippen molar-refractivity contribution in [2.45, 2.75) is 6.18 Å². The number of carbonyl (C=O) groups excluding carboxylic acids is 1. The Labute approximate surface area is 159 Å². The minimum Gasteiger partial charge on any atom is -0.329 e. The summed E-state index contributed by atoms with van der Waals surface area (Å²) in [7, 11) is 0. The number of aromatic nitrogens is 3. The predicted octanol–water partition coefficient (Wildman–Crippen LogP) is 5.19. The van der Waals surface area contributed by atoms with Crippen molar-refractivity contribution in [3.63, 3.8) is 0 Å². The Bertz CT molecular complexity index is 1210. The SMILES string of the molecule is O=C(c1ccc(F)c(Cl)c1)n1ccc2cc(-c3noc(C(F)(F)F)n3)ccc21. The molecule has 4 rings (SSSR count). The fourth-order valence-electron chi connectivity index (χ4n) is 2.68. The predicted molar refractivity (Wildman–Crippen MR) is 91.4 cm³/mol. The maximum atomic E-state index is 13.3. The molecule has 0 atom stereocenters. The molecule has 0 aliphatic carbocycles. The zero-order valence-electron chi connectivity index (χ0n) is 13.7. The quantitative estimate of drug-likeness (QED) is 0.427. The third kappa shape index (κ3) is 3.13. The second kappa shape index (κ2) is 6.45. The first-order valence-corrected chi connectivity index (χ1v) is 8.14. The van der Waals surface area contributed by atoms with Crippen molar-refractivity contribution < 1.29 is 26.9 Å². The van der Waals surface area contributed by atoms with Crippen molar-refractivity contribution in [3.05, 3.63) is 71.0 Å². The summed E-state index contributed by atoms with van der Waals surface area (Å²) in [6, 6.07) is 9.76. The molecule has 0 aliphatic heterocycles. The molecule has 2 heterocycles. The lowest BCUT2D eigenvalue weighted by atomic mass is 10.1. The molecule has 4 aromatic rings. The van der Waals surface area contributed by atoms with Gasteiger partial charge < -0.3 is 4.52 Å². The number of hydrogen-bond donors (Lipinski definition) is 0. The molecule has 0 spiro atoms. The smallest absolute Gasteiger partial charge is 0.329 e. The highest BCUT2D eigenvalue weighted by molar-refractivity contribution is 6.31. The molecule has 2 aromatic heterocycles. The topological polar surface area (TPSA) is 60.9 Å². The number of carbonyl (C=O) groups is 1. The lowest BCUT2D eigenvalue weighted by Crippen LogP contribution is -2.10. The van der Waals surface area contributed by atoms with Crippen molar-refractivity contribution in [1.29, 1.82) is 0 Å². The van der Waals surface area contributed by atoms with Gasteiger partial charge in [0, 0.05) is 22.7 Å². The molecule has 0 amide bonds. The second-order valence-corrected chi connectivity index (χ2v) is 6.22. The molecule has 142 valence electrons. The number of alkyl halides is 3. The van der Waals surface area contributed by atoms with Crippen LogP contribution < -0.4 is 0 Å². The molecule has 0 aliphatic rings. The first-order valence-electron chi connectivity index (χ1n) is 7.76. The van der Waals surface area contributed by atoms with Gasteiger partial charge in [0.15, 0.2) is 0 Å². The summed E-state index contributed by atoms with van der Waals surface area (Å²) < 4.78 is 56.7. The molecule has 0 fully saturated rings. The van der Waals surface area contributed by atoms with E-state index >= 15 is 0 Å². The van der Waals surface area contributed by atoms with Crippen molar-refractivity contribution >= 4 is 28.4 Å². The summed E-state index contributed by atoms with van der Waals surface area (Å²) >= 11 is 5.72. The van der Waals surface area contributed by atoms with Crippen LogP contribution in [0.2, 0.25) is 5.02 Å². The maximum absolute atomic E-state index is 13.3. The zero-order valence-corrected chi connectivity index (χ0v) is 14.4. The van der Waals surface area contributed by atoms with Gasteiger partial charge in [-0.1, -0.05) is 16.8 Å². The number of benzene rings is 2. The number of nitrogens with zero attached hydrogens (tertiary/aromatic N) is 3. The van der Waals surface area contributed by atoms with E-state index in [0.29, 0.717) is 16.5 Å². The number of halogens is 5. The third-order valence-corrected chi connectivity index (χ3v) is 4.29. The first-order chi connectivity index (χ1) is 13.2. The lowest BCUT2D eigenvalue weighted by Gasteiger charge is -2.06. The van der Waals surface area contributed by atoms with Gasteiger partial charge in [-0.05, 0) is 42.5 Å². The van der Waals surface area contributed by atoms with Crippen LogP contribution in [0.1, 0.15) is 16.2 Å². The Kier molecular flexibility index (Phi) is 4.19. The zero-order chi connectivity index (χ0) is 20.1. The Morgan fingerprint density at radius 1 is 1.11 bits per heavy atom. The summed E-state index contributed by atoms with van der Waals surface area (Å²) in [5.41, 5.74) is 0.969. The lowest BCUT2D eigenvalue weighted by molar-refractivity contribution is -0.159. The summed E-state index contributed by atoms with van der Waals surface area (Å²) in [5, 5.41) is 3.73. The Morgan fingerprint density at radius 3 is 2.57 bits per heavy atom. The van der Waals surface area contributed by atoms with E-state index in [4.69, 9.17) is 11.6 Å². The van der Waals surface area contributed by atoms with E-state index in [1.165, 1.54) is 41.1 Å². The van der Waals surface area contributed by atoms with Gasteiger partial charge in [0.05, 0.1) is 10.5 Å². The van der Waals surface area contributed by atoms with Crippen LogP contribution in [0.3, 0.4) is 0 Å². The average Bonchev–Trinajstić information content (AvgIpc) is 3.29. The standard InChI is InChI=1S/C18H8ClF4N3O2/c19-12-8-11(1-3-13(12)20)16(27)26-6-5-9-7-10(2-4-14(9)26)15-24-17(28-25-15)18(21,22)23/h1-8H. The molecule has 0 unspecified atom stereocenters. The molecular formula is C18H8ClF4N3O2. The summed E-state index contributed by atoms with van der Waals surface area (Å²) in [6.07, 6.45) is -3.24. The fourth-order valence-corrected chi connectivity index (χ4v) is 2.86. The average molecular weight is 410 g/mol.